The van der Waals surface area contributed by atoms with E-state index in [1.807, 2.05) is 0 Å². The summed E-state index contributed by atoms with van der Waals surface area (Å²) in [6.45, 7) is 2.25. The predicted molar refractivity (Wildman–Crippen MR) is 104 cm³/mol. The van der Waals surface area contributed by atoms with Gasteiger partial charge >= 0.3 is 0 Å². The lowest BCUT2D eigenvalue weighted by molar-refractivity contribution is -0.116. The number of hydrogen-bond donors (Lipinski definition) is 1. The van der Waals surface area contributed by atoms with Crippen LogP contribution in [0.5, 0.6) is 0 Å². The summed E-state index contributed by atoms with van der Waals surface area (Å²) in [5.74, 6) is 0.210. The van der Waals surface area contributed by atoms with E-state index in [4.69, 9.17) is 4.98 Å². The Hall–Kier alpha value is -1.38. The molecule has 25 heavy (non-hydrogen) atoms. The fourth-order valence-corrected chi connectivity index (χ4v) is 4.34. The molecule has 0 bridgehead atoms. The Balaban J connectivity index is 1.54. The monoisotopic (exact) mass is 342 g/mol. The zero-order chi connectivity index (χ0) is 17.5. The fourth-order valence-electron chi connectivity index (χ4n) is 4.34. The number of carbonyl (C=O) groups excluding carboxylic acids is 1. The first-order valence-corrected chi connectivity index (χ1v) is 10.6. The van der Waals surface area contributed by atoms with E-state index in [1.165, 1.54) is 80.3 Å². The quantitative estimate of drug-likeness (QED) is 0.600. The van der Waals surface area contributed by atoms with Gasteiger partial charge in [0.05, 0.1) is 5.69 Å². The van der Waals surface area contributed by atoms with E-state index in [9.17, 15) is 4.79 Å². The highest BCUT2D eigenvalue weighted by Gasteiger charge is 2.25. The average molecular weight is 343 g/mol. The molecule has 138 valence electrons. The SMILES string of the molecule is CCCCCCCCCC(=O)Nc1c2c(nc3c1CCC3)CCCC2. The van der Waals surface area contributed by atoms with Crippen molar-refractivity contribution in [2.45, 2.75) is 103 Å². The van der Waals surface area contributed by atoms with Gasteiger partial charge in [-0.25, -0.2) is 0 Å². The Bertz CT molecular complexity index is 594. The molecule has 0 spiro atoms. The van der Waals surface area contributed by atoms with Gasteiger partial charge in [-0.2, -0.15) is 0 Å². The summed E-state index contributed by atoms with van der Waals surface area (Å²) in [6, 6.07) is 0. The maximum absolute atomic E-state index is 12.5. The van der Waals surface area contributed by atoms with Gasteiger partial charge in [-0.05, 0) is 62.5 Å². The highest BCUT2D eigenvalue weighted by atomic mass is 16.1. The van der Waals surface area contributed by atoms with E-state index >= 15 is 0 Å². The second kappa shape index (κ2) is 9.35. The molecule has 1 heterocycles. The Morgan fingerprint density at radius 1 is 0.840 bits per heavy atom. The van der Waals surface area contributed by atoms with Gasteiger partial charge in [0.25, 0.3) is 0 Å². The van der Waals surface area contributed by atoms with Gasteiger partial charge in [-0.1, -0.05) is 45.4 Å². The van der Waals surface area contributed by atoms with E-state index in [0.29, 0.717) is 6.42 Å². The molecule has 1 amide bonds. The first-order chi connectivity index (χ1) is 12.3. The summed E-state index contributed by atoms with van der Waals surface area (Å²) in [6.07, 6.45) is 17.5. The Labute approximate surface area is 153 Å². The van der Waals surface area contributed by atoms with Gasteiger partial charge in [-0.3, -0.25) is 9.78 Å². The summed E-state index contributed by atoms with van der Waals surface area (Å²) in [5.41, 5.74) is 6.36. The molecule has 0 radical (unpaired) electrons. The normalized spacial score (nSPS) is 15.7. The molecule has 1 aromatic rings. The average Bonchev–Trinajstić information content (AvgIpc) is 3.09. The second-order valence-corrected chi connectivity index (χ2v) is 7.82. The van der Waals surface area contributed by atoms with Crippen LogP contribution in [0, 0.1) is 0 Å². The number of nitrogens with one attached hydrogen (secondary N) is 1. The van der Waals surface area contributed by atoms with Crippen LogP contribution in [0.25, 0.3) is 0 Å². The lowest BCUT2D eigenvalue weighted by Gasteiger charge is -2.22. The van der Waals surface area contributed by atoms with E-state index in [2.05, 4.69) is 12.2 Å². The van der Waals surface area contributed by atoms with Gasteiger partial charge in [0.15, 0.2) is 0 Å². The van der Waals surface area contributed by atoms with Gasteiger partial charge in [0.1, 0.15) is 0 Å². The van der Waals surface area contributed by atoms with Crippen LogP contribution in [-0.2, 0) is 30.5 Å². The molecule has 0 saturated carbocycles. The minimum Gasteiger partial charge on any atom is -0.325 e. The predicted octanol–water partition coefficient (Wildman–Crippen LogP) is 5.53. The molecule has 2 aliphatic rings. The third kappa shape index (κ3) is 4.83. The van der Waals surface area contributed by atoms with E-state index in [-0.39, 0.29) is 5.91 Å². The molecule has 0 aromatic carbocycles. The summed E-state index contributed by atoms with van der Waals surface area (Å²) in [4.78, 5) is 17.4. The minimum atomic E-state index is 0.210. The fraction of sp³-hybridized carbons (Fsp3) is 0.727. The van der Waals surface area contributed by atoms with Gasteiger partial charge in [-0.15, -0.1) is 0 Å². The summed E-state index contributed by atoms with van der Waals surface area (Å²) < 4.78 is 0. The third-order valence-electron chi connectivity index (χ3n) is 5.77. The maximum Gasteiger partial charge on any atom is 0.224 e. The molecule has 0 fully saturated rings. The topological polar surface area (TPSA) is 42.0 Å². The van der Waals surface area contributed by atoms with E-state index in [1.54, 1.807) is 0 Å². The highest BCUT2D eigenvalue weighted by molar-refractivity contribution is 5.92. The summed E-state index contributed by atoms with van der Waals surface area (Å²) in [7, 11) is 0. The van der Waals surface area contributed by atoms with Crippen LogP contribution in [0.15, 0.2) is 0 Å². The lowest BCUT2D eigenvalue weighted by atomic mass is 9.92. The minimum absolute atomic E-state index is 0.210. The summed E-state index contributed by atoms with van der Waals surface area (Å²) >= 11 is 0. The number of anilines is 1. The van der Waals surface area contributed by atoms with Crippen LogP contribution in [0.1, 0.15) is 100 Å². The smallest absolute Gasteiger partial charge is 0.224 e. The van der Waals surface area contributed by atoms with Crippen LogP contribution in [0.4, 0.5) is 5.69 Å². The number of nitrogens with zero attached hydrogens (tertiary/aromatic N) is 1. The van der Waals surface area contributed by atoms with Crippen molar-refractivity contribution in [2.75, 3.05) is 5.32 Å². The number of hydrogen-bond acceptors (Lipinski definition) is 2. The van der Waals surface area contributed by atoms with Crippen LogP contribution >= 0.6 is 0 Å². The number of unbranched alkanes of at least 4 members (excludes halogenated alkanes) is 6. The van der Waals surface area contributed by atoms with Crippen molar-refractivity contribution in [1.82, 2.24) is 4.98 Å². The van der Waals surface area contributed by atoms with Crippen molar-refractivity contribution in [3.8, 4) is 0 Å². The molecule has 2 aliphatic carbocycles. The van der Waals surface area contributed by atoms with Gasteiger partial charge in [0.2, 0.25) is 5.91 Å². The molecule has 0 saturated heterocycles. The van der Waals surface area contributed by atoms with Crippen LogP contribution < -0.4 is 5.32 Å². The molecule has 3 rings (SSSR count). The highest BCUT2D eigenvalue weighted by Crippen LogP contribution is 2.36. The molecule has 3 nitrogen and oxygen atoms in total. The van der Waals surface area contributed by atoms with Crippen molar-refractivity contribution in [3.05, 3.63) is 22.5 Å². The zero-order valence-electron chi connectivity index (χ0n) is 16.0. The van der Waals surface area contributed by atoms with Crippen molar-refractivity contribution < 1.29 is 4.79 Å². The number of carbonyl (C=O) groups is 1. The number of amides is 1. The van der Waals surface area contributed by atoms with Crippen LogP contribution in [-0.4, -0.2) is 10.9 Å². The van der Waals surface area contributed by atoms with Crippen molar-refractivity contribution in [3.63, 3.8) is 0 Å². The lowest BCUT2D eigenvalue weighted by Crippen LogP contribution is -2.18. The first-order valence-electron chi connectivity index (χ1n) is 10.6. The number of rotatable bonds is 9. The largest absolute Gasteiger partial charge is 0.325 e. The van der Waals surface area contributed by atoms with Crippen molar-refractivity contribution in [2.24, 2.45) is 0 Å². The Morgan fingerprint density at radius 2 is 1.44 bits per heavy atom. The number of aromatic nitrogens is 1. The Morgan fingerprint density at radius 3 is 2.20 bits per heavy atom. The third-order valence-corrected chi connectivity index (χ3v) is 5.77. The molecular formula is C22H34N2O. The Kier molecular flexibility index (Phi) is 6.89. The zero-order valence-corrected chi connectivity index (χ0v) is 16.0. The van der Waals surface area contributed by atoms with Crippen LogP contribution in [0.2, 0.25) is 0 Å². The van der Waals surface area contributed by atoms with Crippen LogP contribution in [0.3, 0.4) is 0 Å². The number of aryl methyl sites for hydroxylation is 2. The van der Waals surface area contributed by atoms with Crippen molar-refractivity contribution in [1.29, 1.82) is 0 Å². The summed E-state index contributed by atoms with van der Waals surface area (Å²) in [5, 5.41) is 3.30. The molecule has 1 N–H and O–H groups in total. The molecule has 0 unspecified atom stereocenters. The number of pyridine rings is 1. The van der Waals surface area contributed by atoms with Gasteiger partial charge < -0.3 is 5.32 Å². The van der Waals surface area contributed by atoms with Gasteiger partial charge in [0, 0.05) is 17.8 Å². The molecule has 3 heteroatoms. The second-order valence-electron chi connectivity index (χ2n) is 7.82. The molecule has 1 aromatic heterocycles. The maximum atomic E-state index is 12.5. The van der Waals surface area contributed by atoms with E-state index in [0.717, 1.165) is 37.8 Å². The first kappa shape index (κ1) is 18.4. The molecular weight excluding hydrogens is 308 g/mol. The van der Waals surface area contributed by atoms with E-state index < -0.39 is 0 Å². The molecule has 0 atom stereocenters. The standard InChI is InChI=1S/C22H34N2O/c1-2-3-4-5-6-7-8-16-21(25)24-22-17-12-9-10-14-19(17)23-20-15-11-13-18(20)22/h2-16H2,1H3,(H,23,24,25). The van der Waals surface area contributed by atoms with Crippen molar-refractivity contribution >= 4 is 11.6 Å². The number of fused-ring (bicyclic) bond motifs is 2. The molecule has 0 aliphatic heterocycles.